The smallest absolute Gasteiger partial charge is 0.0323 e. The van der Waals surface area contributed by atoms with Crippen molar-refractivity contribution < 1.29 is 0 Å². The fourth-order valence-corrected chi connectivity index (χ4v) is 3.71. The van der Waals surface area contributed by atoms with E-state index < -0.39 is 0 Å². The first-order valence-corrected chi connectivity index (χ1v) is 4.97. The van der Waals surface area contributed by atoms with Crippen molar-refractivity contribution in [2.45, 2.75) is 38.5 Å². The van der Waals surface area contributed by atoms with Crippen molar-refractivity contribution in [3.63, 3.8) is 0 Å². The Bertz CT molecular complexity index is 150. The van der Waals surface area contributed by atoms with E-state index in [1.165, 1.54) is 23.7 Å². The molecule has 3 unspecified atom stereocenters. The Labute approximate surface area is 63.0 Å². The second-order valence-corrected chi connectivity index (χ2v) is 4.53. The van der Waals surface area contributed by atoms with Gasteiger partial charge in [-0.05, 0) is 42.9 Å². The minimum Gasteiger partial charge on any atom is -0.0530 e. The first-order valence-electron chi connectivity index (χ1n) is 4.97. The summed E-state index contributed by atoms with van der Waals surface area (Å²) >= 11 is 0. The van der Waals surface area contributed by atoms with Crippen molar-refractivity contribution in [1.82, 2.24) is 0 Å². The molecule has 10 heavy (non-hydrogen) atoms. The molecule has 3 rings (SSSR count). The minimum absolute atomic E-state index is 1.19. The number of fused-ring (bicyclic) bond motifs is 1. The number of rotatable bonds is 0. The predicted molar refractivity (Wildman–Crippen MR) is 41.7 cm³/mol. The van der Waals surface area contributed by atoms with Crippen molar-refractivity contribution >= 4 is 0 Å². The van der Waals surface area contributed by atoms with Crippen LogP contribution < -0.4 is 0 Å². The fraction of sp³-hybridized carbons (Fsp3) is 1.00. The Morgan fingerprint density at radius 2 is 1.50 bits per heavy atom. The highest BCUT2D eigenvalue weighted by Crippen LogP contribution is 2.64. The van der Waals surface area contributed by atoms with E-state index in [2.05, 4.69) is 0 Å². The molecule has 3 aliphatic carbocycles. The third kappa shape index (κ3) is 0.580. The van der Waals surface area contributed by atoms with E-state index in [1.54, 1.807) is 38.5 Å². The topological polar surface area (TPSA) is 0 Å². The van der Waals surface area contributed by atoms with E-state index in [9.17, 15) is 0 Å². The lowest BCUT2D eigenvalue weighted by Gasteiger charge is -2.07. The van der Waals surface area contributed by atoms with Gasteiger partial charge >= 0.3 is 0 Å². The molecular formula is C10H16. The van der Waals surface area contributed by atoms with Gasteiger partial charge in [0.05, 0.1) is 0 Å². The summed E-state index contributed by atoms with van der Waals surface area (Å²) in [5, 5.41) is 0. The molecule has 0 saturated heterocycles. The molecule has 0 aliphatic heterocycles. The third-order valence-corrected chi connectivity index (χ3v) is 4.18. The molecule has 3 fully saturated rings. The highest BCUT2D eigenvalue weighted by atomic mass is 14.6. The average Bonchev–Trinajstić information content (AvgIpc) is 2.50. The van der Waals surface area contributed by atoms with E-state index in [4.69, 9.17) is 0 Å². The summed E-state index contributed by atoms with van der Waals surface area (Å²) in [7, 11) is 0. The molecule has 0 nitrogen and oxygen atoms in total. The van der Waals surface area contributed by atoms with Crippen LogP contribution in [0.3, 0.4) is 0 Å². The van der Waals surface area contributed by atoms with E-state index in [-0.39, 0.29) is 0 Å². The molecule has 0 bridgehead atoms. The summed E-state index contributed by atoms with van der Waals surface area (Å²) < 4.78 is 0. The molecule has 0 spiro atoms. The van der Waals surface area contributed by atoms with E-state index in [0.717, 1.165) is 0 Å². The van der Waals surface area contributed by atoms with Crippen LogP contribution >= 0.6 is 0 Å². The maximum Gasteiger partial charge on any atom is -0.0323 e. The zero-order valence-corrected chi connectivity index (χ0v) is 6.55. The zero-order valence-electron chi connectivity index (χ0n) is 6.55. The zero-order chi connectivity index (χ0) is 6.55. The molecule has 0 N–H and O–H groups in total. The minimum atomic E-state index is 1.19. The van der Waals surface area contributed by atoms with Gasteiger partial charge < -0.3 is 0 Å². The van der Waals surface area contributed by atoms with Crippen molar-refractivity contribution in [3.8, 4) is 0 Å². The summed E-state index contributed by atoms with van der Waals surface area (Å²) in [6.45, 7) is 0. The van der Waals surface area contributed by atoms with Crippen molar-refractivity contribution in [3.05, 3.63) is 0 Å². The van der Waals surface area contributed by atoms with Gasteiger partial charge in [-0.3, -0.25) is 0 Å². The van der Waals surface area contributed by atoms with E-state index in [1.807, 2.05) is 0 Å². The second-order valence-electron chi connectivity index (χ2n) is 4.53. The number of hydrogen-bond acceptors (Lipinski definition) is 0. The lowest BCUT2D eigenvalue weighted by Crippen LogP contribution is -1.98. The molecule has 0 aromatic carbocycles. The summed E-state index contributed by atoms with van der Waals surface area (Å²) in [4.78, 5) is 0. The molecule has 0 aromatic rings. The number of hydrogen-bond donors (Lipinski definition) is 0. The quantitative estimate of drug-likeness (QED) is 0.480. The van der Waals surface area contributed by atoms with Gasteiger partial charge in [0.1, 0.15) is 0 Å². The molecule has 0 heteroatoms. The van der Waals surface area contributed by atoms with Crippen molar-refractivity contribution in [2.75, 3.05) is 0 Å². The molecule has 4 atom stereocenters. The summed E-state index contributed by atoms with van der Waals surface area (Å²) in [6, 6.07) is 0. The molecule has 56 valence electrons. The van der Waals surface area contributed by atoms with Gasteiger partial charge in [0, 0.05) is 0 Å². The Balaban J connectivity index is 1.84. The normalized spacial score (nSPS) is 57.6. The van der Waals surface area contributed by atoms with Crippen LogP contribution in [0.5, 0.6) is 0 Å². The molecule has 0 aromatic heterocycles. The highest BCUT2D eigenvalue weighted by Gasteiger charge is 2.57. The van der Waals surface area contributed by atoms with Gasteiger partial charge in [-0.15, -0.1) is 0 Å². The van der Waals surface area contributed by atoms with Crippen LogP contribution in [-0.4, -0.2) is 0 Å². The maximum absolute atomic E-state index is 1.60. The fourth-order valence-electron chi connectivity index (χ4n) is 3.71. The van der Waals surface area contributed by atoms with Crippen molar-refractivity contribution in [2.24, 2.45) is 23.7 Å². The molecule has 0 heterocycles. The van der Waals surface area contributed by atoms with Gasteiger partial charge in [0.15, 0.2) is 0 Å². The lowest BCUT2D eigenvalue weighted by molar-refractivity contribution is 0.429. The lowest BCUT2D eigenvalue weighted by atomic mass is 9.98. The van der Waals surface area contributed by atoms with Gasteiger partial charge in [-0.25, -0.2) is 0 Å². The average molecular weight is 136 g/mol. The Hall–Kier alpha value is 0. The Kier molecular flexibility index (Phi) is 1.00. The second kappa shape index (κ2) is 1.78. The van der Waals surface area contributed by atoms with Crippen LogP contribution in [0.15, 0.2) is 0 Å². The summed E-state index contributed by atoms with van der Waals surface area (Å²) in [5.74, 6) is 4.88. The monoisotopic (exact) mass is 136 g/mol. The standard InChI is InChI=1S/C10H16/c1-2-4-8-9-6-5-7(3-1)10(8)9/h7-10H,1-6H2/t7?,8?,9?,10-/m1/s1. The Morgan fingerprint density at radius 1 is 0.700 bits per heavy atom. The first-order chi connectivity index (χ1) is 4.97. The maximum atomic E-state index is 1.60. The highest BCUT2D eigenvalue weighted by molar-refractivity contribution is 5.06. The Morgan fingerprint density at radius 3 is 2.50 bits per heavy atom. The van der Waals surface area contributed by atoms with Crippen LogP contribution in [0, 0.1) is 23.7 Å². The van der Waals surface area contributed by atoms with Crippen LogP contribution in [0.1, 0.15) is 38.5 Å². The van der Waals surface area contributed by atoms with Crippen LogP contribution in [0.25, 0.3) is 0 Å². The van der Waals surface area contributed by atoms with Crippen LogP contribution in [0.2, 0.25) is 0 Å². The van der Waals surface area contributed by atoms with Crippen LogP contribution in [-0.2, 0) is 0 Å². The first kappa shape index (κ1) is 5.62. The van der Waals surface area contributed by atoms with E-state index in [0.29, 0.717) is 0 Å². The van der Waals surface area contributed by atoms with Gasteiger partial charge in [0.25, 0.3) is 0 Å². The van der Waals surface area contributed by atoms with Crippen LogP contribution in [0.4, 0.5) is 0 Å². The van der Waals surface area contributed by atoms with Gasteiger partial charge in [0.2, 0.25) is 0 Å². The predicted octanol–water partition coefficient (Wildman–Crippen LogP) is 2.83. The SMILES string of the molecule is C1CCC2C3CCC(C1)[C@H]23. The molecule has 0 radical (unpaired) electrons. The summed E-state index contributed by atoms with van der Waals surface area (Å²) in [5.41, 5.74) is 0. The molecule has 0 amide bonds. The van der Waals surface area contributed by atoms with Gasteiger partial charge in [-0.1, -0.05) is 19.3 Å². The third-order valence-electron chi connectivity index (χ3n) is 4.18. The summed E-state index contributed by atoms with van der Waals surface area (Å²) in [6.07, 6.45) is 9.45. The van der Waals surface area contributed by atoms with Crippen molar-refractivity contribution in [1.29, 1.82) is 0 Å². The van der Waals surface area contributed by atoms with Gasteiger partial charge in [-0.2, -0.15) is 0 Å². The molecular weight excluding hydrogens is 120 g/mol. The molecule has 3 saturated carbocycles. The molecule has 3 aliphatic rings. The van der Waals surface area contributed by atoms with E-state index >= 15 is 0 Å². The largest absolute Gasteiger partial charge is 0.0530 e.